The van der Waals surface area contributed by atoms with Crippen LogP contribution in [0.25, 0.3) is 0 Å². The van der Waals surface area contributed by atoms with Crippen LogP contribution in [0.3, 0.4) is 0 Å². The third kappa shape index (κ3) is 2.20. The van der Waals surface area contributed by atoms with Crippen molar-refractivity contribution in [1.29, 1.82) is 0 Å². The number of hydrogen-bond acceptors (Lipinski definition) is 2. The summed E-state index contributed by atoms with van der Waals surface area (Å²) in [6.07, 6.45) is 4.28. The Morgan fingerprint density at radius 3 is 2.64 bits per heavy atom. The number of piperidine rings is 1. The van der Waals surface area contributed by atoms with Crippen molar-refractivity contribution in [3.8, 4) is 0 Å². The molecule has 1 amide bonds. The highest BCUT2D eigenvalue weighted by molar-refractivity contribution is 5.85. The molecule has 2 N–H and O–H groups in total. The van der Waals surface area contributed by atoms with Crippen molar-refractivity contribution in [3.05, 3.63) is 0 Å². The molecule has 82 valence electrons. The van der Waals surface area contributed by atoms with E-state index < -0.39 is 0 Å². The summed E-state index contributed by atoms with van der Waals surface area (Å²) in [5, 5.41) is 0. The van der Waals surface area contributed by atoms with E-state index in [2.05, 4.69) is 6.92 Å². The first-order valence-corrected chi connectivity index (χ1v) is 5.17. The Balaban J connectivity index is 0.000000980. The van der Waals surface area contributed by atoms with Crippen molar-refractivity contribution in [2.24, 2.45) is 11.1 Å². The van der Waals surface area contributed by atoms with Crippen LogP contribution in [-0.2, 0) is 4.79 Å². The minimum atomic E-state index is -0.0168. The first-order valence-electron chi connectivity index (χ1n) is 5.17. The molecule has 1 heterocycles. The fourth-order valence-corrected chi connectivity index (χ4v) is 1.98. The highest BCUT2D eigenvalue weighted by atomic mass is 35.5. The van der Waals surface area contributed by atoms with E-state index in [9.17, 15) is 4.79 Å². The summed E-state index contributed by atoms with van der Waals surface area (Å²) in [4.78, 5) is 13.9. The van der Waals surface area contributed by atoms with Gasteiger partial charge in [-0.25, -0.2) is 0 Å². The summed E-state index contributed by atoms with van der Waals surface area (Å²) >= 11 is 0. The molecular weight excluding hydrogens is 200 g/mol. The number of halogens is 1. The summed E-state index contributed by atoms with van der Waals surface area (Å²) in [6, 6.07) is 0.208. The molecule has 2 fully saturated rings. The molecule has 1 atom stereocenters. The van der Waals surface area contributed by atoms with E-state index in [4.69, 9.17) is 5.73 Å². The van der Waals surface area contributed by atoms with Crippen LogP contribution in [-0.4, -0.2) is 29.9 Å². The Morgan fingerprint density at radius 2 is 2.14 bits per heavy atom. The summed E-state index contributed by atoms with van der Waals surface area (Å²) in [5.41, 5.74) is 5.82. The number of rotatable bonds is 1. The number of carbonyl (C=O) groups excluding carboxylic acids is 1. The predicted molar refractivity (Wildman–Crippen MR) is 58.4 cm³/mol. The Labute approximate surface area is 91.4 Å². The number of carbonyl (C=O) groups is 1. The molecule has 2 rings (SSSR count). The molecule has 1 aliphatic carbocycles. The first-order chi connectivity index (χ1) is 6.12. The van der Waals surface area contributed by atoms with Crippen molar-refractivity contribution < 1.29 is 4.79 Å². The molecular formula is C10H19ClN2O. The standard InChI is InChI=1S/C10H18N2O.ClH/c1-10(4-5-10)9(13)12-6-2-3-8(11)7-12;/h8H,2-7,11H2,1H3;1H/t8-;/m0./s1. The van der Waals surface area contributed by atoms with Gasteiger partial charge in [0.05, 0.1) is 0 Å². The van der Waals surface area contributed by atoms with E-state index in [0.717, 1.165) is 38.8 Å². The lowest BCUT2D eigenvalue weighted by Gasteiger charge is -2.32. The van der Waals surface area contributed by atoms with Gasteiger partial charge in [-0.3, -0.25) is 4.79 Å². The van der Waals surface area contributed by atoms with Gasteiger partial charge in [0.1, 0.15) is 0 Å². The SMILES string of the molecule is CC1(C(=O)N2CCC[C@H](N)C2)CC1.Cl. The Kier molecular flexibility index (Phi) is 3.43. The van der Waals surface area contributed by atoms with Crippen LogP contribution in [0.15, 0.2) is 0 Å². The van der Waals surface area contributed by atoms with Crippen LogP contribution in [0.2, 0.25) is 0 Å². The Bertz CT molecular complexity index is 228. The number of hydrogen-bond donors (Lipinski definition) is 1. The molecule has 14 heavy (non-hydrogen) atoms. The summed E-state index contributed by atoms with van der Waals surface area (Å²) < 4.78 is 0. The normalized spacial score (nSPS) is 29.3. The van der Waals surface area contributed by atoms with E-state index in [1.54, 1.807) is 0 Å². The topological polar surface area (TPSA) is 46.3 Å². The lowest BCUT2D eigenvalue weighted by atomic mass is 10.0. The molecule has 0 spiro atoms. The molecule has 0 aromatic heterocycles. The van der Waals surface area contributed by atoms with Gasteiger partial charge < -0.3 is 10.6 Å². The van der Waals surface area contributed by atoms with Gasteiger partial charge in [0, 0.05) is 24.5 Å². The largest absolute Gasteiger partial charge is 0.341 e. The van der Waals surface area contributed by atoms with E-state index in [-0.39, 0.29) is 23.9 Å². The Hall–Kier alpha value is -0.280. The van der Waals surface area contributed by atoms with Crippen molar-refractivity contribution in [3.63, 3.8) is 0 Å². The minimum absolute atomic E-state index is 0. The van der Waals surface area contributed by atoms with Crippen LogP contribution in [0, 0.1) is 5.41 Å². The van der Waals surface area contributed by atoms with E-state index in [1.165, 1.54) is 0 Å². The van der Waals surface area contributed by atoms with Crippen LogP contribution >= 0.6 is 12.4 Å². The highest BCUT2D eigenvalue weighted by Gasteiger charge is 2.47. The number of nitrogens with zero attached hydrogens (tertiary/aromatic N) is 1. The lowest BCUT2D eigenvalue weighted by Crippen LogP contribution is -2.47. The van der Waals surface area contributed by atoms with Crippen molar-refractivity contribution in [1.82, 2.24) is 4.90 Å². The maximum absolute atomic E-state index is 11.9. The Morgan fingerprint density at radius 1 is 1.50 bits per heavy atom. The van der Waals surface area contributed by atoms with Gasteiger partial charge in [-0.05, 0) is 25.7 Å². The summed E-state index contributed by atoms with van der Waals surface area (Å²) in [7, 11) is 0. The van der Waals surface area contributed by atoms with Crippen LogP contribution < -0.4 is 5.73 Å². The van der Waals surface area contributed by atoms with Gasteiger partial charge >= 0.3 is 0 Å². The minimum Gasteiger partial charge on any atom is -0.341 e. The van der Waals surface area contributed by atoms with Gasteiger partial charge in [0.25, 0.3) is 0 Å². The van der Waals surface area contributed by atoms with E-state index in [1.807, 2.05) is 4.90 Å². The third-order valence-corrected chi connectivity index (χ3v) is 3.26. The molecule has 0 bridgehead atoms. The second-order valence-corrected chi connectivity index (χ2v) is 4.71. The first kappa shape index (κ1) is 11.8. The maximum Gasteiger partial charge on any atom is 0.228 e. The molecule has 0 aromatic carbocycles. The zero-order valence-corrected chi connectivity index (χ0v) is 9.48. The lowest BCUT2D eigenvalue weighted by molar-refractivity contribution is -0.137. The molecule has 4 heteroatoms. The van der Waals surface area contributed by atoms with Crippen molar-refractivity contribution in [2.45, 2.75) is 38.6 Å². The fourth-order valence-electron chi connectivity index (χ4n) is 1.98. The second kappa shape index (κ2) is 4.07. The summed E-state index contributed by atoms with van der Waals surface area (Å²) in [5.74, 6) is 0.336. The molecule has 2 aliphatic rings. The zero-order chi connectivity index (χ0) is 9.47. The number of nitrogens with two attached hydrogens (primary N) is 1. The van der Waals surface area contributed by atoms with Crippen LogP contribution in [0.1, 0.15) is 32.6 Å². The number of amides is 1. The fraction of sp³-hybridized carbons (Fsp3) is 0.900. The zero-order valence-electron chi connectivity index (χ0n) is 8.66. The molecule has 1 saturated heterocycles. The molecule has 3 nitrogen and oxygen atoms in total. The maximum atomic E-state index is 11.9. The molecule has 1 saturated carbocycles. The number of likely N-dealkylation sites (tertiary alicyclic amines) is 1. The smallest absolute Gasteiger partial charge is 0.228 e. The second-order valence-electron chi connectivity index (χ2n) is 4.71. The highest BCUT2D eigenvalue weighted by Crippen LogP contribution is 2.46. The van der Waals surface area contributed by atoms with Gasteiger partial charge in [-0.1, -0.05) is 6.92 Å². The van der Waals surface area contributed by atoms with Gasteiger partial charge in [0.15, 0.2) is 0 Å². The van der Waals surface area contributed by atoms with Crippen molar-refractivity contribution in [2.75, 3.05) is 13.1 Å². The molecule has 0 radical (unpaired) electrons. The van der Waals surface area contributed by atoms with Gasteiger partial charge in [0.2, 0.25) is 5.91 Å². The van der Waals surface area contributed by atoms with E-state index >= 15 is 0 Å². The molecule has 0 unspecified atom stereocenters. The van der Waals surface area contributed by atoms with Gasteiger partial charge in [-0.15, -0.1) is 12.4 Å². The van der Waals surface area contributed by atoms with Crippen molar-refractivity contribution >= 4 is 18.3 Å². The van der Waals surface area contributed by atoms with E-state index in [0.29, 0.717) is 5.91 Å². The predicted octanol–water partition coefficient (Wildman–Crippen LogP) is 1.16. The van der Waals surface area contributed by atoms with Gasteiger partial charge in [-0.2, -0.15) is 0 Å². The molecule has 0 aromatic rings. The van der Waals surface area contributed by atoms with Crippen LogP contribution in [0.4, 0.5) is 0 Å². The monoisotopic (exact) mass is 218 g/mol. The summed E-state index contributed by atoms with van der Waals surface area (Å²) in [6.45, 7) is 3.76. The average Bonchev–Trinajstić information content (AvgIpc) is 2.84. The quantitative estimate of drug-likeness (QED) is 0.718. The average molecular weight is 219 g/mol. The van der Waals surface area contributed by atoms with Crippen LogP contribution in [0.5, 0.6) is 0 Å². The third-order valence-electron chi connectivity index (χ3n) is 3.26. The molecule has 1 aliphatic heterocycles.